The lowest BCUT2D eigenvalue weighted by atomic mass is 10.0. The van der Waals surface area contributed by atoms with Crippen molar-refractivity contribution >= 4 is 11.6 Å². The predicted molar refractivity (Wildman–Crippen MR) is 109 cm³/mol. The van der Waals surface area contributed by atoms with Gasteiger partial charge in [0.25, 0.3) is 0 Å². The Balaban J connectivity index is 1.60. The van der Waals surface area contributed by atoms with E-state index in [-0.39, 0.29) is 5.91 Å². The fourth-order valence-electron chi connectivity index (χ4n) is 3.40. The third-order valence-electron chi connectivity index (χ3n) is 4.89. The van der Waals surface area contributed by atoms with E-state index in [2.05, 4.69) is 46.7 Å². The van der Waals surface area contributed by atoms with Crippen LogP contribution in [0.5, 0.6) is 0 Å². The molecule has 0 bridgehead atoms. The number of hydrogen-bond acceptors (Lipinski definition) is 4. The fourth-order valence-corrected chi connectivity index (χ4v) is 3.40. The largest absolute Gasteiger partial charge is 0.379 e. The van der Waals surface area contributed by atoms with Crippen LogP contribution in [-0.4, -0.2) is 43.7 Å². The Kier molecular flexibility index (Phi) is 6.98. The number of ether oxygens (including phenoxy) is 1. The summed E-state index contributed by atoms with van der Waals surface area (Å²) in [6.45, 7) is 8.85. The summed E-state index contributed by atoms with van der Waals surface area (Å²) in [6.07, 6.45) is 0. The number of anilines is 1. The number of nitrogens with one attached hydrogen (secondary N) is 2. The molecule has 0 unspecified atom stereocenters. The number of amides is 1. The summed E-state index contributed by atoms with van der Waals surface area (Å²) in [7, 11) is 0. The third-order valence-corrected chi connectivity index (χ3v) is 4.89. The normalized spacial score (nSPS) is 16.1. The molecular formula is C22H29N3O2. The molecule has 2 aromatic rings. The lowest BCUT2D eigenvalue weighted by Crippen LogP contribution is -2.42. The van der Waals surface area contributed by atoms with E-state index < -0.39 is 0 Å². The second-order valence-corrected chi connectivity index (χ2v) is 7.08. The van der Waals surface area contributed by atoms with Crippen molar-refractivity contribution in [3.8, 4) is 0 Å². The summed E-state index contributed by atoms with van der Waals surface area (Å²) in [5, 5.41) is 6.40. The molecule has 2 N–H and O–H groups in total. The summed E-state index contributed by atoms with van der Waals surface area (Å²) >= 11 is 0. The molecule has 0 aliphatic carbocycles. The minimum atomic E-state index is -0.0488. The van der Waals surface area contributed by atoms with E-state index in [1.165, 1.54) is 23.6 Å². The van der Waals surface area contributed by atoms with Crippen LogP contribution in [0.4, 0.5) is 5.69 Å². The zero-order chi connectivity index (χ0) is 19.1. The molecule has 0 aromatic heterocycles. The van der Waals surface area contributed by atoms with Gasteiger partial charge in [0.2, 0.25) is 5.91 Å². The number of hydrogen-bond donors (Lipinski definition) is 2. The molecular weight excluding hydrogens is 338 g/mol. The maximum Gasteiger partial charge on any atom is 0.221 e. The Hall–Kier alpha value is -2.21. The maximum absolute atomic E-state index is 11.1. The molecule has 3 rings (SSSR count). The number of nitrogens with zero attached hydrogens (tertiary/aromatic N) is 1. The van der Waals surface area contributed by atoms with Gasteiger partial charge in [0.15, 0.2) is 0 Å². The second kappa shape index (κ2) is 9.65. The topological polar surface area (TPSA) is 53.6 Å². The summed E-state index contributed by atoms with van der Waals surface area (Å²) in [4.78, 5) is 13.6. The van der Waals surface area contributed by atoms with Crippen molar-refractivity contribution < 1.29 is 9.53 Å². The fraction of sp³-hybridized carbons (Fsp3) is 0.409. The molecule has 2 aromatic carbocycles. The highest BCUT2D eigenvalue weighted by Gasteiger charge is 2.22. The van der Waals surface area contributed by atoms with Gasteiger partial charge in [-0.3, -0.25) is 9.69 Å². The number of morpholine rings is 1. The van der Waals surface area contributed by atoms with Crippen molar-refractivity contribution in [2.75, 3.05) is 38.2 Å². The summed E-state index contributed by atoms with van der Waals surface area (Å²) in [6, 6.07) is 17.2. The predicted octanol–water partition coefficient (Wildman–Crippen LogP) is 3.12. The van der Waals surface area contributed by atoms with Crippen LogP contribution in [0.1, 0.15) is 29.7 Å². The van der Waals surface area contributed by atoms with E-state index >= 15 is 0 Å². The van der Waals surface area contributed by atoms with Gasteiger partial charge in [0, 0.05) is 44.8 Å². The maximum atomic E-state index is 11.1. The first-order valence-electron chi connectivity index (χ1n) is 9.57. The zero-order valence-corrected chi connectivity index (χ0v) is 16.2. The SMILES string of the molecule is CC(=O)Nc1ccc(CNC[C@@H](c2ccc(C)cc2)N2CCOCC2)cc1. The van der Waals surface area contributed by atoms with Gasteiger partial charge in [-0.25, -0.2) is 0 Å². The van der Waals surface area contributed by atoms with Crippen molar-refractivity contribution in [2.24, 2.45) is 0 Å². The molecule has 144 valence electrons. The Morgan fingerprint density at radius 3 is 2.37 bits per heavy atom. The van der Waals surface area contributed by atoms with Crippen molar-refractivity contribution in [3.63, 3.8) is 0 Å². The lowest BCUT2D eigenvalue weighted by molar-refractivity contribution is -0.114. The van der Waals surface area contributed by atoms with Gasteiger partial charge in [-0.05, 0) is 30.2 Å². The number of carbonyl (C=O) groups is 1. The molecule has 1 heterocycles. The highest BCUT2D eigenvalue weighted by atomic mass is 16.5. The second-order valence-electron chi connectivity index (χ2n) is 7.08. The van der Waals surface area contributed by atoms with E-state index in [1.54, 1.807) is 0 Å². The zero-order valence-electron chi connectivity index (χ0n) is 16.2. The first-order valence-corrected chi connectivity index (χ1v) is 9.57. The smallest absolute Gasteiger partial charge is 0.221 e. The van der Waals surface area contributed by atoms with Crippen molar-refractivity contribution in [1.82, 2.24) is 10.2 Å². The molecule has 5 nitrogen and oxygen atoms in total. The van der Waals surface area contributed by atoms with Crippen molar-refractivity contribution in [3.05, 3.63) is 65.2 Å². The lowest BCUT2D eigenvalue weighted by Gasteiger charge is -2.35. The van der Waals surface area contributed by atoms with Crippen LogP contribution in [0, 0.1) is 6.92 Å². The average Bonchev–Trinajstić information content (AvgIpc) is 2.68. The molecule has 1 fully saturated rings. The first kappa shape index (κ1) is 19.5. The first-order chi connectivity index (χ1) is 13.1. The van der Waals surface area contributed by atoms with Gasteiger partial charge in [-0.15, -0.1) is 0 Å². The highest BCUT2D eigenvalue weighted by Crippen LogP contribution is 2.22. The van der Waals surface area contributed by atoms with Crippen LogP contribution < -0.4 is 10.6 Å². The van der Waals surface area contributed by atoms with E-state index in [0.29, 0.717) is 6.04 Å². The van der Waals surface area contributed by atoms with Crippen LogP contribution in [-0.2, 0) is 16.1 Å². The number of benzene rings is 2. The Morgan fingerprint density at radius 1 is 1.07 bits per heavy atom. The Morgan fingerprint density at radius 2 is 1.74 bits per heavy atom. The van der Waals surface area contributed by atoms with E-state index in [1.807, 2.05) is 24.3 Å². The van der Waals surface area contributed by atoms with Gasteiger partial charge >= 0.3 is 0 Å². The van der Waals surface area contributed by atoms with Gasteiger partial charge in [-0.1, -0.05) is 42.0 Å². The van der Waals surface area contributed by atoms with Gasteiger partial charge in [-0.2, -0.15) is 0 Å². The van der Waals surface area contributed by atoms with Crippen LogP contribution in [0.3, 0.4) is 0 Å². The molecule has 27 heavy (non-hydrogen) atoms. The Bertz CT molecular complexity index is 722. The van der Waals surface area contributed by atoms with E-state index in [0.717, 1.165) is 45.1 Å². The number of rotatable bonds is 7. The molecule has 0 spiro atoms. The third kappa shape index (κ3) is 5.89. The molecule has 0 saturated carbocycles. The summed E-state index contributed by atoms with van der Waals surface area (Å²) in [5.41, 5.74) is 4.66. The quantitative estimate of drug-likeness (QED) is 0.790. The Labute approximate surface area is 161 Å². The molecule has 1 aliphatic rings. The molecule has 1 aliphatic heterocycles. The number of carbonyl (C=O) groups excluding carboxylic acids is 1. The standard InChI is InChI=1S/C22H29N3O2/c1-17-3-7-20(8-4-17)22(25-11-13-27-14-12-25)16-23-15-19-5-9-21(10-6-19)24-18(2)26/h3-10,22-23H,11-16H2,1-2H3,(H,24,26)/t22-/m0/s1. The summed E-state index contributed by atoms with van der Waals surface area (Å²) < 4.78 is 5.53. The van der Waals surface area contributed by atoms with E-state index in [9.17, 15) is 4.79 Å². The highest BCUT2D eigenvalue weighted by molar-refractivity contribution is 5.88. The molecule has 0 radical (unpaired) electrons. The number of aryl methyl sites for hydroxylation is 1. The summed E-state index contributed by atoms with van der Waals surface area (Å²) in [5.74, 6) is -0.0488. The van der Waals surface area contributed by atoms with Crippen LogP contribution >= 0.6 is 0 Å². The van der Waals surface area contributed by atoms with Crippen LogP contribution in [0.2, 0.25) is 0 Å². The van der Waals surface area contributed by atoms with Gasteiger partial charge in [0.1, 0.15) is 0 Å². The van der Waals surface area contributed by atoms with Crippen molar-refractivity contribution in [2.45, 2.75) is 26.4 Å². The monoisotopic (exact) mass is 367 g/mol. The molecule has 5 heteroatoms. The molecule has 1 saturated heterocycles. The minimum absolute atomic E-state index is 0.0488. The van der Waals surface area contributed by atoms with Gasteiger partial charge < -0.3 is 15.4 Å². The van der Waals surface area contributed by atoms with Gasteiger partial charge in [0.05, 0.1) is 13.2 Å². The molecule has 1 atom stereocenters. The van der Waals surface area contributed by atoms with E-state index in [4.69, 9.17) is 4.74 Å². The average molecular weight is 367 g/mol. The van der Waals surface area contributed by atoms with Crippen molar-refractivity contribution in [1.29, 1.82) is 0 Å². The molecule has 1 amide bonds. The van der Waals surface area contributed by atoms with Crippen LogP contribution in [0.15, 0.2) is 48.5 Å². The van der Waals surface area contributed by atoms with Crippen LogP contribution in [0.25, 0.3) is 0 Å². The minimum Gasteiger partial charge on any atom is -0.379 e.